The summed E-state index contributed by atoms with van der Waals surface area (Å²) in [6.07, 6.45) is 0.738. The topological polar surface area (TPSA) is 127 Å². The number of alkyl halides is 3. The van der Waals surface area contributed by atoms with Crippen LogP contribution in [0.25, 0.3) is 0 Å². The van der Waals surface area contributed by atoms with E-state index in [-0.39, 0.29) is 5.91 Å². The van der Waals surface area contributed by atoms with Crippen LogP contribution in [-0.2, 0) is 17.9 Å². The molecular formula is C16H21F3N6O3S2. The van der Waals surface area contributed by atoms with E-state index >= 15 is 0 Å². The number of hydrogen-bond acceptors (Lipinski definition) is 8. The van der Waals surface area contributed by atoms with Crippen molar-refractivity contribution in [1.82, 2.24) is 24.9 Å². The molecule has 3 heterocycles. The number of rotatable bonds is 5. The summed E-state index contributed by atoms with van der Waals surface area (Å²) in [4.78, 5) is 27.6. The zero-order valence-corrected chi connectivity index (χ0v) is 17.6. The lowest BCUT2D eigenvalue weighted by Crippen LogP contribution is -2.39. The summed E-state index contributed by atoms with van der Waals surface area (Å²) in [5, 5.41) is 17.1. The van der Waals surface area contributed by atoms with Crippen LogP contribution < -0.4 is 5.73 Å². The predicted molar refractivity (Wildman–Crippen MR) is 104 cm³/mol. The first kappa shape index (κ1) is 24.1. The maximum absolute atomic E-state index is 12.5. The number of nitrogens with zero attached hydrogens (tertiary/aromatic N) is 5. The van der Waals surface area contributed by atoms with Crippen LogP contribution in [0.5, 0.6) is 0 Å². The molecule has 1 amide bonds. The van der Waals surface area contributed by atoms with Crippen molar-refractivity contribution < 1.29 is 27.9 Å². The lowest BCUT2D eigenvalue weighted by Gasteiger charge is -2.31. The molecule has 0 spiro atoms. The third kappa shape index (κ3) is 6.95. The van der Waals surface area contributed by atoms with Crippen molar-refractivity contribution >= 4 is 35.0 Å². The fraction of sp³-hybridized carbons (Fsp3) is 0.562. The highest BCUT2D eigenvalue weighted by Crippen LogP contribution is 2.23. The van der Waals surface area contributed by atoms with Gasteiger partial charge in [-0.15, -0.1) is 16.4 Å². The van der Waals surface area contributed by atoms with Gasteiger partial charge in [-0.1, -0.05) is 17.0 Å². The first-order valence-corrected chi connectivity index (χ1v) is 10.9. The Morgan fingerprint density at radius 2 is 2.00 bits per heavy atom. The summed E-state index contributed by atoms with van der Waals surface area (Å²) in [5.41, 5.74) is 6.93. The molecule has 0 unspecified atom stereocenters. The van der Waals surface area contributed by atoms with Gasteiger partial charge in [0.2, 0.25) is 0 Å². The fourth-order valence-corrected chi connectivity index (χ4v) is 3.95. The predicted octanol–water partition coefficient (Wildman–Crippen LogP) is 2.10. The van der Waals surface area contributed by atoms with Crippen molar-refractivity contribution in [3.63, 3.8) is 0 Å². The van der Waals surface area contributed by atoms with Crippen molar-refractivity contribution in [3.8, 4) is 0 Å². The number of halogens is 3. The number of amides is 1. The Morgan fingerprint density at radius 1 is 1.37 bits per heavy atom. The molecule has 1 fully saturated rings. The van der Waals surface area contributed by atoms with E-state index in [2.05, 4.69) is 15.3 Å². The molecule has 30 heavy (non-hydrogen) atoms. The van der Waals surface area contributed by atoms with Crippen LogP contribution in [0.3, 0.4) is 0 Å². The molecule has 2 aromatic heterocycles. The highest BCUT2D eigenvalue weighted by atomic mass is 32.2. The van der Waals surface area contributed by atoms with E-state index in [9.17, 15) is 18.0 Å². The summed E-state index contributed by atoms with van der Waals surface area (Å²) in [5.74, 6) is -2.19. The molecule has 9 nitrogen and oxygen atoms in total. The third-order valence-electron chi connectivity index (χ3n) is 4.26. The van der Waals surface area contributed by atoms with Gasteiger partial charge in [-0.2, -0.15) is 13.2 Å². The Bertz CT molecular complexity index is 849. The number of likely N-dealkylation sites (tertiary alicyclic amines) is 1. The Kier molecular flexibility index (Phi) is 8.61. The largest absolute Gasteiger partial charge is 0.490 e. The monoisotopic (exact) mass is 466 g/mol. The third-order valence-corrected chi connectivity index (χ3v) is 6.12. The second-order valence-electron chi connectivity index (χ2n) is 6.38. The zero-order valence-electron chi connectivity index (χ0n) is 16.0. The molecule has 1 aliphatic heterocycles. The van der Waals surface area contributed by atoms with Gasteiger partial charge >= 0.3 is 12.1 Å². The summed E-state index contributed by atoms with van der Waals surface area (Å²) in [6, 6.07) is 0. The lowest BCUT2D eigenvalue weighted by atomic mass is 9.96. The molecule has 0 aromatic carbocycles. The van der Waals surface area contributed by atoms with Crippen molar-refractivity contribution in [2.24, 2.45) is 11.7 Å². The quantitative estimate of drug-likeness (QED) is 0.642. The summed E-state index contributed by atoms with van der Waals surface area (Å²) >= 11 is 3.10. The number of hydrogen-bond donors (Lipinski definition) is 2. The van der Waals surface area contributed by atoms with E-state index in [1.165, 1.54) is 11.3 Å². The molecule has 0 atom stereocenters. The highest BCUT2D eigenvalue weighted by molar-refractivity contribution is 8.00. The van der Waals surface area contributed by atoms with E-state index in [0.717, 1.165) is 42.5 Å². The first-order chi connectivity index (χ1) is 14.1. The minimum absolute atomic E-state index is 0.0474. The molecule has 1 saturated heterocycles. The molecule has 0 saturated carbocycles. The fourth-order valence-electron chi connectivity index (χ4n) is 2.72. The summed E-state index contributed by atoms with van der Waals surface area (Å²) in [7, 11) is 0. The molecule has 1 aliphatic rings. The number of thiazole rings is 1. The standard InChI is InChI=1S/C14H20N6OS2.C2HF3O2/c1-22-14-16-12(9-23-14)13(21)19-4-2-10(3-5-19)7-20-8-11(6-15)17-18-20;3-2(4,5)1(6)7/h8-10H,2-7,15H2,1H3;(H,6,7). The van der Waals surface area contributed by atoms with Crippen LogP contribution in [0.4, 0.5) is 13.2 Å². The van der Waals surface area contributed by atoms with Crippen molar-refractivity contribution in [2.45, 2.75) is 36.4 Å². The number of carbonyl (C=O) groups excluding carboxylic acids is 1. The van der Waals surface area contributed by atoms with Gasteiger partial charge in [-0.3, -0.25) is 9.48 Å². The Morgan fingerprint density at radius 3 is 2.47 bits per heavy atom. The number of aromatic nitrogens is 4. The van der Waals surface area contributed by atoms with Crippen LogP contribution in [0, 0.1) is 5.92 Å². The average molecular weight is 467 g/mol. The van der Waals surface area contributed by atoms with Gasteiger partial charge < -0.3 is 15.7 Å². The van der Waals surface area contributed by atoms with Gasteiger partial charge in [0.05, 0.1) is 5.69 Å². The Balaban J connectivity index is 0.000000396. The van der Waals surface area contributed by atoms with E-state index in [1.807, 2.05) is 27.4 Å². The normalized spacial score (nSPS) is 14.9. The minimum Gasteiger partial charge on any atom is -0.475 e. The highest BCUT2D eigenvalue weighted by Gasteiger charge is 2.38. The lowest BCUT2D eigenvalue weighted by molar-refractivity contribution is -0.192. The van der Waals surface area contributed by atoms with Gasteiger partial charge in [0.15, 0.2) is 0 Å². The molecule has 3 N–H and O–H groups in total. The smallest absolute Gasteiger partial charge is 0.475 e. The van der Waals surface area contributed by atoms with Gasteiger partial charge in [0.25, 0.3) is 5.91 Å². The first-order valence-electron chi connectivity index (χ1n) is 8.82. The summed E-state index contributed by atoms with van der Waals surface area (Å²) < 4.78 is 34.5. The van der Waals surface area contributed by atoms with Crippen LogP contribution in [0.1, 0.15) is 29.0 Å². The maximum atomic E-state index is 12.5. The number of thioether (sulfide) groups is 1. The maximum Gasteiger partial charge on any atom is 0.490 e. The average Bonchev–Trinajstić information content (AvgIpc) is 3.37. The number of aliphatic carboxylic acids is 1. The van der Waals surface area contributed by atoms with Gasteiger partial charge in [0, 0.05) is 37.8 Å². The molecule has 3 rings (SSSR count). The number of carboxylic acids is 1. The van der Waals surface area contributed by atoms with Crippen LogP contribution in [0.2, 0.25) is 0 Å². The number of carboxylic acid groups (broad SMARTS) is 1. The Hall–Kier alpha value is -2.19. The SMILES string of the molecule is CSc1nc(C(=O)N2CCC(Cn3cc(CN)nn3)CC2)cs1.O=C(O)C(F)(F)F. The van der Waals surface area contributed by atoms with Crippen molar-refractivity contribution in [1.29, 1.82) is 0 Å². The van der Waals surface area contributed by atoms with Crippen LogP contribution in [-0.4, -0.2) is 67.4 Å². The van der Waals surface area contributed by atoms with E-state index in [1.54, 1.807) is 11.8 Å². The molecule has 0 aliphatic carbocycles. The van der Waals surface area contributed by atoms with Crippen LogP contribution in [0.15, 0.2) is 15.9 Å². The van der Waals surface area contributed by atoms with E-state index in [4.69, 9.17) is 15.6 Å². The Labute approximate surface area is 178 Å². The van der Waals surface area contributed by atoms with Crippen LogP contribution >= 0.6 is 23.1 Å². The number of piperidine rings is 1. The minimum atomic E-state index is -5.08. The van der Waals surface area contributed by atoms with Gasteiger partial charge in [-0.25, -0.2) is 9.78 Å². The molecule has 14 heteroatoms. The number of nitrogens with two attached hydrogens (primary N) is 1. The molecule has 2 aromatic rings. The van der Waals surface area contributed by atoms with Gasteiger partial charge in [-0.05, 0) is 25.0 Å². The van der Waals surface area contributed by atoms with Crippen molar-refractivity contribution in [2.75, 3.05) is 19.3 Å². The molecule has 0 radical (unpaired) electrons. The van der Waals surface area contributed by atoms with E-state index in [0.29, 0.717) is 18.2 Å². The molecule has 0 bridgehead atoms. The van der Waals surface area contributed by atoms with E-state index < -0.39 is 12.1 Å². The second-order valence-corrected chi connectivity index (χ2v) is 8.29. The molecular weight excluding hydrogens is 445 g/mol. The van der Waals surface area contributed by atoms with Crippen molar-refractivity contribution in [3.05, 3.63) is 23.0 Å². The number of carbonyl (C=O) groups is 2. The second kappa shape index (κ2) is 10.7. The van der Waals surface area contributed by atoms with Gasteiger partial charge in [0.1, 0.15) is 10.0 Å². The molecule has 166 valence electrons. The summed E-state index contributed by atoms with van der Waals surface area (Å²) in [6.45, 7) is 2.79. The zero-order chi connectivity index (χ0) is 22.3.